The summed E-state index contributed by atoms with van der Waals surface area (Å²) in [6, 6.07) is 6.25. The molecular formula is C17H15ClFN3O2. The lowest BCUT2D eigenvalue weighted by atomic mass is 10.1. The zero-order chi connectivity index (χ0) is 17.7. The van der Waals surface area contributed by atoms with E-state index in [4.69, 9.17) is 23.1 Å². The molecule has 2 rings (SSSR count). The Kier molecular flexibility index (Phi) is 5.55. The molecule has 0 bridgehead atoms. The number of aliphatic imine (C=N–C) groups is 1. The zero-order valence-electron chi connectivity index (χ0n) is 12.5. The van der Waals surface area contributed by atoms with Crippen LogP contribution >= 0.6 is 11.6 Å². The van der Waals surface area contributed by atoms with Gasteiger partial charge >= 0.3 is 0 Å². The van der Waals surface area contributed by atoms with Crippen molar-refractivity contribution in [3.63, 3.8) is 0 Å². The van der Waals surface area contributed by atoms with Crippen molar-refractivity contribution in [2.24, 2.45) is 16.5 Å². The number of allylic oxidation sites excluding steroid dienone is 5. The summed E-state index contributed by atoms with van der Waals surface area (Å²) in [5.41, 5.74) is 12.7. The van der Waals surface area contributed by atoms with Crippen LogP contribution in [0.15, 0.2) is 74.9 Å². The van der Waals surface area contributed by atoms with Gasteiger partial charge in [-0.05, 0) is 35.9 Å². The van der Waals surface area contributed by atoms with Crippen LogP contribution < -0.4 is 11.5 Å². The molecule has 24 heavy (non-hydrogen) atoms. The van der Waals surface area contributed by atoms with Crippen LogP contribution in [0.1, 0.15) is 12.0 Å². The number of hydrogen-bond donors (Lipinski definition) is 3. The number of phenols is 1. The summed E-state index contributed by atoms with van der Waals surface area (Å²) >= 11 is 5.77. The Bertz CT molecular complexity index is 806. The molecule has 1 aromatic rings. The van der Waals surface area contributed by atoms with E-state index in [9.17, 15) is 14.3 Å². The summed E-state index contributed by atoms with van der Waals surface area (Å²) in [6.07, 6.45) is 4.53. The molecule has 1 aromatic carbocycles. The van der Waals surface area contributed by atoms with Crippen molar-refractivity contribution in [3.05, 3.63) is 75.5 Å². The highest BCUT2D eigenvalue weighted by atomic mass is 35.5. The number of nitrogens with two attached hydrogens (primary N) is 2. The van der Waals surface area contributed by atoms with Crippen molar-refractivity contribution in [1.29, 1.82) is 0 Å². The predicted molar refractivity (Wildman–Crippen MR) is 91.9 cm³/mol. The van der Waals surface area contributed by atoms with Crippen molar-refractivity contribution in [2.45, 2.75) is 6.42 Å². The summed E-state index contributed by atoms with van der Waals surface area (Å²) in [4.78, 5) is 15.3. The molecule has 0 saturated heterocycles. The fourth-order valence-electron chi connectivity index (χ4n) is 1.99. The molecule has 1 aliphatic carbocycles. The SMILES string of the molecule is NC1=CC(Cl)=C(F)CC=C1/C(N=Cc1ccc(O)cc1)=C(\N)C=O. The minimum atomic E-state index is -0.541. The van der Waals surface area contributed by atoms with Crippen molar-refractivity contribution in [1.82, 2.24) is 0 Å². The first-order chi connectivity index (χ1) is 11.4. The second kappa shape index (κ2) is 7.61. The molecule has 0 fully saturated rings. The van der Waals surface area contributed by atoms with Gasteiger partial charge < -0.3 is 16.6 Å². The molecule has 1 aliphatic rings. The molecule has 0 unspecified atom stereocenters. The smallest absolute Gasteiger partial charge is 0.167 e. The summed E-state index contributed by atoms with van der Waals surface area (Å²) < 4.78 is 13.6. The van der Waals surface area contributed by atoms with Crippen LogP contribution in [-0.2, 0) is 4.79 Å². The molecule has 0 amide bonds. The molecule has 5 nitrogen and oxygen atoms in total. The Morgan fingerprint density at radius 3 is 2.62 bits per heavy atom. The van der Waals surface area contributed by atoms with E-state index in [0.717, 1.165) is 0 Å². The van der Waals surface area contributed by atoms with Crippen LogP contribution in [0.2, 0.25) is 0 Å². The Hall–Kier alpha value is -2.86. The number of benzene rings is 1. The molecule has 0 aliphatic heterocycles. The second-order valence-corrected chi connectivity index (χ2v) is 5.35. The number of hydrogen-bond acceptors (Lipinski definition) is 5. The van der Waals surface area contributed by atoms with Crippen LogP contribution in [0.4, 0.5) is 4.39 Å². The Morgan fingerprint density at radius 1 is 1.33 bits per heavy atom. The average Bonchev–Trinajstić information content (AvgIpc) is 2.69. The first kappa shape index (κ1) is 17.5. The van der Waals surface area contributed by atoms with Gasteiger partial charge in [-0.1, -0.05) is 17.7 Å². The Balaban J connectivity index is 2.43. The number of rotatable bonds is 4. The molecule has 0 heterocycles. The molecule has 0 spiro atoms. The van der Waals surface area contributed by atoms with E-state index >= 15 is 0 Å². The van der Waals surface area contributed by atoms with Gasteiger partial charge in [-0.15, -0.1) is 0 Å². The van der Waals surface area contributed by atoms with Gasteiger partial charge in [0, 0.05) is 23.9 Å². The zero-order valence-corrected chi connectivity index (χ0v) is 13.3. The maximum atomic E-state index is 13.6. The van der Waals surface area contributed by atoms with Crippen molar-refractivity contribution in [3.8, 4) is 5.75 Å². The first-order valence-corrected chi connectivity index (χ1v) is 7.30. The lowest BCUT2D eigenvalue weighted by Gasteiger charge is -2.09. The number of halogens is 2. The number of phenolic OH excluding ortho intramolecular Hbond substituents is 1. The topological polar surface area (TPSA) is 102 Å². The lowest BCUT2D eigenvalue weighted by Crippen LogP contribution is -2.10. The third kappa shape index (κ3) is 4.11. The highest BCUT2D eigenvalue weighted by Crippen LogP contribution is 2.28. The minimum Gasteiger partial charge on any atom is -0.508 e. The van der Waals surface area contributed by atoms with Gasteiger partial charge in [-0.2, -0.15) is 0 Å². The number of nitrogens with zero attached hydrogens (tertiary/aromatic N) is 1. The molecule has 7 heteroatoms. The van der Waals surface area contributed by atoms with Crippen LogP contribution in [0.25, 0.3) is 0 Å². The van der Waals surface area contributed by atoms with E-state index in [1.54, 1.807) is 12.1 Å². The minimum absolute atomic E-state index is 0.0876. The van der Waals surface area contributed by atoms with E-state index < -0.39 is 5.83 Å². The van der Waals surface area contributed by atoms with Crippen LogP contribution in [0.5, 0.6) is 5.75 Å². The molecule has 124 valence electrons. The van der Waals surface area contributed by atoms with Crippen LogP contribution in [0.3, 0.4) is 0 Å². The Labute approximate surface area is 143 Å². The van der Waals surface area contributed by atoms with Crippen molar-refractivity contribution >= 4 is 24.1 Å². The molecule has 0 aromatic heterocycles. The van der Waals surface area contributed by atoms with Crippen LogP contribution in [-0.4, -0.2) is 17.6 Å². The fourth-order valence-corrected chi connectivity index (χ4v) is 2.18. The van der Waals surface area contributed by atoms with E-state index in [2.05, 4.69) is 4.99 Å². The molecule has 0 saturated carbocycles. The molecular weight excluding hydrogens is 333 g/mol. The summed E-state index contributed by atoms with van der Waals surface area (Å²) in [6.45, 7) is 0. The number of carbonyl (C=O) groups is 1. The maximum absolute atomic E-state index is 13.6. The third-order valence-electron chi connectivity index (χ3n) is 3.23. The summed E-state index contributed by atoms with van der Waals surface area (Å²) in [5, 5.41) is 9.17. The van der Waals surface area contributed by atoms with E-state index in [1.165, 1.54) is 30.5 Å². The molecule has 0 atom stereocenters. The standard InChI is InChI=1S/C17H15ClFN3O2/c18-13-7-15(20)12(5-6-14(13)19)17(16(21)9-23)22-8-10-1-3-11(24)4-2-10/h1-5,7-9,24H,6,20-21H2/b17-16+,22-8?. The van der Waals surface area contributed by atoms with Gasteiger partial charge in [-0.3, -0.25) is 9.79 Å². The molecule has 0 radical (unpaired) electrons. The monoisotopic (exact) mass is 347 g/mol. The largest absolute Gasteiger partial charge is 0.508 e. The van der Waals surface area contributed by atoms with Gasteiger partial charge in [0.2, 0.25) is 0 Å². The van der Waals surface area contributed by atoms with Gasteiger partial charge in [0.05, 0.1) is 16.4 Å². The molecule has 5 N–H and O–H groups in total. The highest BCUT2D eigenvalue weighted by Gasteiger charge is 2.16. The third-order valence-corrected chi connectivity index (χ3v) is 3.54. The van der Waals surface area contributed by atoms with Gasteiger partial charge in [-0.25, -0.2) is 4.39 Å². The number of carbonyl (C=O) groups excluding carboxylic acids is 1. The van der Waals surface area contributed by atoms with Gasteiger partial charge in [0.15, 0.2) is 6.29 Å². The fraction of sp³-hybridized carbons (Fsp3) is 0.0588. The van der Waals surface area contributed by atoms with Crippen molar-refractivity contribution < 1.29 is 14.3 Å². The van der Waals surface area contributed by atoms with E-state index in [-0.39, 0.29) is 34.3 Å². The predicted octanol–water partition coefficient (Wildman–Crippen LogP) is 2.77. The summed E-state index contributed by atoms with van der Waals surface area (Å²) in [7, 11) is 0. The van der Waals surface area contributed by atoms with Gasteiger partial charge in [0.25, 0.3) is 0 Å². The average molecular weight is 348 g/mol. The van der Waals surface area contributed by atoms with Crippen LogP contribution in [0, 0.1) is 0 Å². The summed E-state index contributed by atoms with van der Waals surface area (Å²) in [5.74, 6) is -0.425. The number of aldehydes is 1. The van der Waals surface area contributed by atoms with E-state index in [0.29, 0.717) is 17.4 Å². The van der Waals surface area contributed by atoms with E-state index in [1.807, 2.05) is 0 Å². The van der Waals surface area contributed by atoms with Crippen molar-refractivity contribution in [2.75, 3.05) is 0 Å². The lowest BCUT2D eigenvalue weighted by molar-refractivity contribution is -0.105. The maximum Gasteiger partial charge on any atom is 0.167 e. The number of aromatic hydroxyl groups is 1. The second-order valence-electron chi connectivity index (χ2n) is 4.95. The first-order valence-electron chi connectivity index (χ1n) is 6.92. The normalized spacial score (nSPS) is 16.4. The Morgan fingerprint density at radius 2 is 2.00 bits per heavy atom. The quantitative estimate of drug-likeness (QED) is 0.442. The highest BCUT2D eigenvalue weighted by molar-refractivity contribution is 6.31. The van der Waals surface area contributed by atoms with Gasteiger partial charge in [0.1, 0.15) is 11.6 Å².